The molecule has 0 fully saturated rings. The maximum atomic E-state index is 10.5. The zero-order valence-corrected chi connectivity index (χ0v) is 9.54. The molecule has 0 unspecified atom stereocenters. The van der Waals surface area contributed by atoms with E-state index in [2.05, 4.69) is 6.58 Å². The van der Waals surface area contributed by atoms with Gasteiger partial charge in [-0.15, -0.1) is 0 Å². The minimum absolute atomic E-state index is 0.0530. The topological polar surface area (TPSA) is 63.4 Å². The van der Waals surface area contributed by atoms with Crippen LogP contribution >= 0.6 is 0 Å². The van der Waals surface area contributed by atoms with Crippen LogP contribution in [0.4, 0.5) is 5.69 Å². The molecule has 0 saturated heterocycles. The van der Waals surface area contributed by atoms with E-state index in [4.69, 9.17) is 0 Å². The number of nitrogens with zero attached hydrogens (tertiary/aromatic N) is 1. The van der Waals surface area contributed by atoms with Gasteiger partial charge in [-0.05, 0) is 41.0 Å². The standard InChI is InChI=1S/C14H11NO3/c1-10(12-4-8-14(16)9-5-12)11-2-6-13(7-3-11)15(17)18/h2-9,16H,1H2. The highest BCUT2D eigenvalue weighted by Gasteiger charge is 2.07. The van der Waals surface area contributed by atoms with Crippen LogP contribution in [0.5, 0.6) is 5.75 Å². The Morgan fingerprint density at radius 3 is 1.89 bits per heavy atom. The number of rotatable bonds is 3. The van der Waals surface area contributed by atoms with Gasteiger partial charge in [-0.3, -0.25) is 10.1 Å². The van der Waals surface area contributed by atoms with Crippen LogP contribution in [0.15, 0.2) is 55.1 Å². The number of hydrogen-bond acceptors (Lipinski definition) is 3. The van der Waals surface area contributed by atoms with Crippen LogP contribution in [0.25, 0.3) is 5.57 Å². The first-order chi connectivity index (χ1) is 8.58. The average Bonchev–Trinajstić information content (AvgIpc) is 2.39. The van der Waals surface area contributed by atoms with Gasteiger partial charge < -0.3 is 5.11 Å². The first-order valence-corrected chi connectivity index (χ1v) is 5.31. The summed E-state index contributed by atoms with van der Waals surface area (Å²) in [4.78, 5) is 10.1. The minimum atomic E-state index is -0.437. The number of aromatic hydroxyl groups is 1. The van der Waals surface area contributed by atoms with E-state index in [0.29, 0.717) is 0 Å². The van der Waals surface area contributed by atoms with Crippen molar-refractivity contribution in [2.45, 2.75) is 0 Å². The summed E-state index contributed by atoms with van der Waals surface area (Å²) in [5.41, 5.74) is 2.48. The molecule has 4 heteroatoms. The van der Waals surface area contributed by atoms with Crippen molar-refractivity contribution in [2.75, 3.05) is 0 Å². The number of hydrogen-bond donors (Lipinski definition) is 1. The fourth-order valence-corrected chi connectivity index (χ4v) is 1.61. The lowest BCUT2D eigenvalue weighted by Crippen LogP contribution is -1.89. The van der Waals surface area contributed by atoms with Crippen molar-refractivity contribution < 1.29 is 10.0 Å². The van der Waals surface area contributed by atoms with Gasteiger partial charge in [0, 0.05) is 12.1 Å². The molecule has 0 bridgehead atoms. The normalized spacial score (nSPS) is 10.0. The maximum Gasteiger partial charge on any atom is 0.269 e. The Bertz CT molecular complexity index is 585. The van der Waals surface area contributed by atoms with E-state index in [1.165, 1.54) is 12.1 Å². The number of non-ortho nitro benzene ring substituents is 1. The van der Waals surface area contributed by atoms with Gasteiger partial charge in [0.05, 0.1) is 4.92 Å². The Hall–Kier alpha value is -2.62. The molecule has 0 heterocycles. The molecule has 0 aromatic heterocycles. The molecule has 2 aromatic rings. The molecule has 90 valence electrons. The second-order valence-electron chi connectivity index (χ2n) is 3.83. The van der Waals surface area contributed by atoms with E-state index in [1.54, 1.807) is 36.4 Å². The lowest BCUT2D eigenvalue weighted by Gasteiger charge is -2.06. The lowest BCUT2D eigenvalue weighted by molar-refractivity contribution is -0.384. The van der Waals surface area contributed by atoms with Gasteiger partial charge in [-0.2, -0.15) is 0 Å². The third kappa shape index (κ3) is 2.38. The third-order valence-electron chi connectivity index (χ3n) is 2.64. The zero-order valence-electron chi connectivity index (χ0n) is 9.54. The predicted molar refractivity (Wildman–Crippen MR) is 69.3 cm³/mol. The smallest absolute Gasteiger partial charge is 0.269 e. The number of phenolic OH excluding ortho intramolecular Hbond substituents is 1. The summed E-state index contributed by atoms with van der Waals surface area (Å²) in [6, 6.07) is 12.9. The molecule has 1 N–H and O–H groups in total. The Morgan fingerprint density at radius 1 is 1.00 bits per heavy atom. The molecule has 18 heavy (non-hydrogen) atoms. The Kier molecular flexibility index (Phi) is 3.10. The third-order valence-corrected chi connectivity index (χ3v) is 2.64. The summed E-state index contributed by atoms with van der Waals surface area (Å²) in [6.45, 7) is 3.95. The number of benzene rings is 2. The van der Waals surface area contributed by atoms with Crippen molar-refractivity contribution in [3.8, 4) is 5.75 Å². The largest absolute Gasteiger partial charge is 0.508 e. The van der Waals surface area contributed by atoms with Crippen molar-refractivity contribution in [3.05, 3.63) is 76.4 Å². The average molecular weight is 241 g/mol. The molecule has 2 aromatic carbocycles. The fraction of sp³-hybridized carbons (Fsp3) is 0. The maximum absolute atomic E-state index is 10.5. The van der Waals surface area contributed by atoms with Crippen molar-refractivity contribution in [1.29, 1.82) is 0 Å². The van der Waals surface area contributed by atoms with Gasteiger partial charge >= 0.3 is 0 Å². The van der Waals surface area contributed by atoms with Crippen molar-refractivity contribution >= 4 is 11.3 Å². The molecular weight excluding hydrogens is 230 g/mol. The summed E-state index contributed by atoms with van der Waals surface area (Å²) in [6.07, 6.45) is 0. The van der Waals surface area contributed by atoms with Gasteiger partial charge in [0.25, 0.3) is 5.69 Å². The molecule has 0 atom stereocenters. The Morgan fingerprint density at radius 2 is 1.44 bits per heavy atom. The number of phenols is 1. The van der Waals surface area contributed by atoms with Crippen LogP contribution in [-0.4, -0.2) is 10.0 Å². The lowest BCUT2D eigenvalue weighted by atomic mass is 9.99. The number of nitro benzene ring substituents is 1. The van der Waals surface area contributed by atoms with Crippen molar-refractivity contribution in [1.82, 2.24) is 0 Å². The summed E-state index contributed by atoms with van der Waals surface area (Å²) in [5.74, 6) is 0.190. The van der Waals surface area contributed by atoms with E-state index in [0.717, 1.165) is 16.7 Å². The highest BCUT2D eigenvalue weighted by molar-refractivity contribution is 5.78. The molecule has 0 aliphatic carbocycles. The SMILES string of the molecule is C=C(c1ccc(O)cc1)c1ccc([N+](=O)[O-])cc1. The van der Waals surface area contributed by atoms with E-state index < -0.39 is 4.92 Å². The van der Waals surface area contributed by atoms with E-state index in [9.17, 15) is 15.2 Å². The van der Waals surface area contributed by atoms with Gasteiger partial charge in [-0.1, -0.05) is 18.7 Å². The van der Waals surface area contributed by atoms with Crippen LogP contribution < -0.4 is 0 Å². The number of nitro groups is 1. The first kappa shape index (κ1) is 11.9. The molecule has 4 nitrogen and oxygen atoms in total. The van der Waals surface area contributed by atoms with Gasteiger partial charge in [0.1, 0.15) is 5.75 Å². The van der Waals surface area contributed by atoms with Crippen LogP contribution in [0.1, 0.15) is 11.1 Å². The monoisotopic (exact) mass is 241 g/mol. The van der Waals surface area contributed by atoms with Crippen LogP contribution in [0.3, 0.4) is 0 Å². The second-order valence-corrected chi connectivity index (χ2v) is 3.83. The van der Waals surface area contributed by atoms with E-state index >= 15 is 0 Å². The Labute approximate surface area is 104 Å². The summed E-state index contributed by atoms with van der Waals surface area (Å²) >= 11 is 0. The van der Waals surface area contributed by atoms with Crippen LogP contribution in [0.2, 0.25) is 0 Å². The van der Waals surface area contributed by atoms with Gasteiger partial charge in [0.2, 0.25) is 0 Å². The molecule has 0 radical (unpaired) electrons. The van der Waals surface area contributed by atoms with Crippen LogP contribution in [-0.2, 0) is 0 Å². The summed E-state index contributed by atoms with van der Waals surface area (Å²) in [7, 11) is 0. The highest BCUT2D eigenvalue weighted by Crippen LogP contribution is 2.24. The fourth-order valence-electron chi connectivity index (χ4n) is 1.61. The molecule has 0 aliphatic rings. The molecule has 0 spiro atoms. The molecule has 0 amide bonds. The quantitative estimate of drug-likeness (QED) is 0.662. The van der Waals surface area contributed by atoms with E-state index in [1.807, 2.05) is 0 Å². The zero-order chi connectivity index (χ0) is 13.1. The van der Waals surface area contributed by atoms with Crippen LogP contribution in [0, 0.1) is 10.1 Å². The summed E-state index contributed by atoms with van der Waals surface area (Å²) < 4.78 is 0. The second kappa shape index (κ2) is 4.71. The Balaban J connectivity index is 2.28. The minimum Gasteiger partial charge on any atom is -0.508 e. The van der Waals surface area contributed by atoms with Crippen molar-refractivity contribution in [3.63, 3.8) is 0 Å². The van der Waals surface area contributed by atoms with Crippen molar-refractivity contribution in [2.24, 2.45) is 0 Å². The first-order valence-electron chi connectivity index (χ1n) is 5.31. The highest BCUT2D eigenvalue weighted by atomic mass is 16.6. The summed E-state index contributed by atoms with van der Waals surface area (Å²) in [5, 5.41) is 19.7. The van der Waals surface area contributed by atoms with Gasteiger partial charge in [0.15, 0.2) is 0 Å². The molecule has 2 rings (SSSR count). The van der Waals surface area contributed by atoms with Gasteiger partial charge in [-0.25, -0.2) is 0 Å². The van der Waals surface area contributed by atoms with E-state index in [-0.39, 0.29) is 11.4 Å². The molecule has 0 saturated carbocycles. The molecule has 0 aliphatic heterocycles. The predicted octanol–water partition coefficient (Wildman–Crippen LogP) is 3.36. The molecular formula is C14H11NO3.